The van der Waals surface area contributed by atoms with Crippen LogP contribution in [0.5, 0.6) is 0 Å². The van der Waals surface area contributed by atoms with Crippen molar-refractivity contribution in [2.75, 3.05) is 19.3 Å². The highest BCUT2D eigenvalue weighted by atomic mass is 32.2. The first-order valence-corrected chi connectivity index (χ1v) is 9.56. The molecule has 19 heavy (non-hydrogen) atoms. The quantitative estimate of drug-likeness (QED) is 0.837. The summed E-state index contributed by atoms with van der Waals surface area (Å²) in [6, 6.07) is 1.57. The SMILES string of the molecule is CSC1CCCCC1N1CC2(CCCC2)NCC1C. The summed E-state index contributed by atoms with van der Waals surface area (Å²) < 4.78 is 0. The van der Waals surface area contributed by atoms with E-state index in [0.29, 0.717) is 5.54 Å². The minimum atomic E-state index is 0.479. The zero-order chi connectivity index (χ0) is 13.3. The fourth-order valence-corrected chi connectivity index (χ4v) is 5.61. The molecule has 1 aliphatic heterocycles. The van der Waals surface area contributed by atoms with Gasteiger partial charge in [-0.15, -0.1) is 0 Å². The van der Waals surface area contributed by atoms with E-state index < -0.39 is 0 Å². The summed E-state index contributed by atoms with van der Waals surface area (Å²) in [4.78, 5) is 2.89. The molecule has 3 aliphatic rings. The molecule has 3 rings (SSSR count). The Kier molecular flexibility index (Phi) is 4.45. The Morgan fingerprint density at radius 2 is 1.84 bits per heavy atom. The van der Waals surface area contributed by atoms with Crippen molar-refractivity contribution in [2.45, 2.75) is 81.2 Å². The van der Waals surface area contributed by atoms with Crippen molar-refractivity contribution in [1.29, 1.82) is 0 Å². The molecule has 0 aromatic carbocycles. The molecule has 2 saturated carbocycles. The van der Waals surface area contributed by atoms with Gasteiger partial charge in [-0.2, -0.15) is 11.8 Å². The van der Waals surface area contributed by atoms with E-state index in [1.807, 2.05) is 0 Å². The maximum Gasteiger partial charge on any atom is 0.0309 e. The van der Waals surface area contributed by atoms with Gasteiger partial charge >= 0.3 is 0 Å². The predicted molar refractivity (Wildman–Crippen MR) is 84.9 cm³/mol. The molecular formula is C16H30N2S. The minimum absolute atomic E-state index is 0.479. The molecule has 0 amide bonds. The van der Waals surface area contributed by atoms with Crippen LogP contribution in [-0.2, 0) is 0 Å². The first-order valence-electron chi connectivity index (χ1n) is 8.28. The Bertz CT molecular complexity index is 301. The van der Waals surface area contributed by atoms with Crippen LogP contribution in [0.3, 0.4) is 0 Å². The highest BCUT2D eigenvalue weighted by molar-refractivity contribution is 7.99. The molecule has 0 aromatic heterocycles. The van der Waals surface area contributed by atoms with Crippen LogP contribution in [0.4, 0.5) is 0 Å². The smallest absolute Gasteiger partial charge is 0.0309 e. The summed E-state index contributed by atoms with van der Waals surface area (Å²) >= 11 is 2.12. The van der Waals surface area contributed by atoms with Gasteiger partial charge in [0.1, 0.15) is 0 Å². The van der Waals surface area contributed by atoms with Crippen molar-refractivity contribution in [2.24, 2.45) is 0 Å². The van der Waals surface area contributed by atoms with E-state index in [0.717, 1.165) is 17.3 Å². The first-order chi connectivity index (χ1) is 9.24. The van der Waals surface area contributed by atoms with Gasteiger partial charge in [0.05, 0.1) is 0 Å². The molecule has 0 aromatic rings. The van der Waals surface area contributed by atoms with E-state index in [1.165, 1.54) is 64.5 Å². The number of nitrogens with one attached hydrogen (secondary N) is 1. The second kappa shape index (κ2) is 5.95. The van der Waals surface area contributed by atoms with E-state index in [4.69, 9.17) is 0 Å². The van der Waals surface area contributed by atoms with Gasteiger partial charge in [0.25, 0.3) is 0 Å². The third kappa shape index (κ3) is 2.84. The largest absolute Gasteiger partial charge is 0.308 e. The van der Waals surface area contributed by atoms with E-state index in [9.17, 15) is 0 Å². The summed E-state index contributed by atoms with van der Waals surface area (Å²) in [7, 11) is 0. The molecule has 3 heteroatoms. The third-order valence-corrected chi connectivity index (χ3v) is 6.94. The highest BCUT2D eigenvalue weighted by Gasteiger charge is 2.43. The fourth-order valence-electron chi connectivity index (χ4n) is 4.61. The van der Waals surface area contributed by atoms with Crippen LogP contribution in [0.2, 0.25) is 0 Å². The van der Waals surface area contributed by atoms with Crippen LogP contribution >= 0.6 is 11.8 Å². The summed E-state index contributed by atoms with van der Waals surface area (Å²) in [5, 5.41) is 4.78. The monoisotopic (exact) mass is 282 g/mol. The topological polar surface area (TPSA) is 15.3 Å². The molecule has 2 aliphatic carbocycles. The maximum atomic E-state index is 3.90. The molecule has 2 nitrogen and oxygen atoms in total. The van der Waals surface area contributed by atoms with E-state index in [1.54, 1.807) is 0 Å². The van der Waals surface area contributed by atoms with Gasteiger partial charge in [-0.05, 0) is 38.9 Å². The fraction of sp³-hybridized carbons (Fsp3) is 1.00. The number of hydrogen-bond acceptors (Lipinski definition) is 3. The van der Waals surface area contributed by atoms with Gasteiger partial charge < -0.3 is 5.32 Å². The van der Waals surface area contributed by atoms with Crippen molar-refractivity contribution in [3.8, 4) is 0 Å². The van der Waals surface area contributed by atoms with Crippen molar-refractivity contribution < 1.29 is 0 Å². The molecule has 0 bridgehead atoms. The number of thioether (sulfide) groups is 1. The number of rotatable bonds is 2. The Labute approximate surface area is 123 Å². The van der Waals surface area contributed by atoms with Gasteiger partial charge in [0.2, 0.25) is 0 Å². The Hall–Kier alpha value is 0.270. The first kappa shape index (κ1) is 14.2. The van der Waals surface area contributed by atoms with Crippen LogP contribution in [0.1, 0.15) is 58.3 Å². The van der Waals surface area contributed by atoms with Crippen molar-refractivity contribution in [3.05, 3.63) is 0 Å². The molecule has 3 fully saturated rings. The number of nitrogens with zero attached hydrogens (tertiary/aromatic N) is 1. The van der Waals surface area contributed by atoms with Gasteiger partial charge in [0, 0.05) is 36.0 Å². The lowest BCUT2D eigenvalue weighted by atomic mass is 9.87. The van der Waals surface area contributed by atoms with Crippen LogP contribution in [0, 0.1) is 0 Å². The minimum Gasteiger partial charge on any atom is -0.308 e. The van der Waals surface area contributed by atoms with E-state index in [-0.39, 0.29) is 0 Å². The predicted octanol–water partition coefficient (Wildman–Crippen LogP) is 3.27. The number of hydrogen-bond donors (Lipinski definition) is 1. The highest BCUT2D eigenvalue weighted by Crippen LogP contribution is 2.38. The summed E-state index contributed by atoms with van der Waals surface area (Å²) in [5.74, 6) is 0. The summed E-state index contributed by atoms with van der Waals surface area (Å²) in [6.07, 6.45) is 13.8. The second-order valence-corrected chi connectivity index (χ2v) is 8.09. The van der Waals surface area contributed by atoms with Gasteiger partial charge in [-0.25, -0.2) is 0 Å². The van der Waals surface area contributed by atoms with Crippen molar-refractivity contribution in [3.63, 3.8) is 0 Å². The Balaban J connectivity index is 1.73. The zero-order valence-corrected chi connectivity index (χ0v) is 13.5. The average molecular weight is 282 g/mol. The van der Waals surface area contributed by atoms with Crippen molar-refractivity contribution >= 4 is 11.8 Å². The van der Waals surface area contributed by atoms with Crippen LogP contribution in [0.25, 0.3) is 0 Å². The summed E-state index contributed by atoms with van der Waals surface area (Å²) in [5.41, 5.74) is 0.479. The zero-order valence-electron chi connectivity index (χ0n) is 12.7. The normalized spacial score (nSPS) is 39.8. The van der Waals surface area contributed by atoms with Gasteiger partial charge in [-0.1, -0.05) is 25.7 Å². The molecule has 1 N–H and O–H groups in total. The Morgan fingerprint density at radius 1 is 1.11 bits per heavy atom. The van der Waals surface area contributed by atoms with Crippen molar-refractivity contribution in [1.82, 2.24) is 10.2 Å². The van der Waals surface area contributed by atoms with Crippen LogP contribution in [-0.4, -0.2) is 47.1 Å². The maximum absolute atomic E-state index is 3.90. The Morgan fingerprint density at radius 3 is 2.58 bits per heavy atom. The van der Waals surface area contributed by atoms with Gasteiger partial charge in [0.15, 0.2) is 0 Å². The molecule has 0 radical (unpaired) electrons. The lowest BCUT2D eigenvalue weighted by molar-refractivity contribution is 0.0384. The van der Waals surface area contributed by atoms with Crippen LogP contribution in [0.15, 0.2) is 0 Å². The molecule has 1 saturated heterocycles. The van der Waals surface area contributed by atoms with E-state index in [2.05, 4.69) is 35.2 Å². The standard InChI is InChI=1S/C16H30N2S/c1-13-11-17-16(9-5-6-10-16)12-18(13)14-7-3-4-8-15(14)19-2/h13-15,17H,3-12H2,1-2H3. The third-order valence-electron chi connectivity index (χ3n) is 5.78. The molecule has 1 heterocycles. The number of piperazine rings is 1. The molecule has 110 valence electrons. The van der Waals surface area contributed by atoms with E-state index >= 15 is 0 Å². The van der Waals surface area contributed by atoms with Gasteiger partial charge in [-0.3, -0.25) is 4.90 Å². The molecular weight excluding hydrogens is 252 g/mol. The molecule has 3 unspecified atom stereocenters. The second-order valence-electron chi connectivity index (χ2n) is 7.02. The molecule has 1 spiro atoms. The summed E-state index contributed by atoms with van der Waals surface area (Å²) in [6.45, 7) is 4.95. The molecule has 3 atom stereocenters. The van der Waals surface area contributed by atoms with Crippen LogP contribution < -0.4 is 5.32 Å². The average Bonchev–Trinajstić information content (AvgIpc) is 2.90. The lowest BCUT2D eigenvalue weighted by Gasteiger charge is -2.51. The lowest BCUT2D eigenvalue weighted by Crippen LogP contribution is -2.66.